The van der Waals surface area contributed by atoms with E-state index in [9.17, 15) is 8.42 Å². The van der Waals surface area contributed by atoms with Gasteiger partial charge in [-0.2, -0.15) is 0 Å². The lowest BCUT2D eigenvalue weighted by atomic mass is 10.2. The van der Waals surface area contributed by atoms with Gasteiger partial charge in [-0.05, 0) is 37.1 Å². The van der Waals surface area contributed by atoms with Crippen LogP contribution in [0.2, 0.25) is 0 Å². The van der Waals surface area contributed by atoms with Crippen molar-refractivity contribution in [3.63, 3.8) is 0 Å². The van der Waals surface area contributed by atoms with Gasteiger partial charge in [0.2, 0.25) is 5.96 Å². The van der Waals surface area contributed by atoms with E-state index in [1.807, 2.05) is 0 Å². The lowest BCUT2D eigenvalue weighted by Gasteiger charge is -2.28. The van der Waals surface area contributed by atoms with E-state index in [1.165, 1.54) is 0 Å². The highest BCUT2D eigenvalue weighted by atomic mass is 79.9. The number of guanidine groups is 1. The maximum absolute atomic E-state index is 12.3. The van der Waals surface area contributed by atoms with Gasteiger partial charge in [0.1, 0.15) is 0 Å². The Bertz CT molecular complexity index is 672. The van der Waals surface area contributed by atoms with Crippen LogP contribution in [0.4, 0.5) is 0 Å². The lowest BCUT2D eigenvalue weighted by molar-refractivity contribution is 0.0714. The summed E-state index contributed by atoms with van der Waals surface area (Å²) < 4.78 is 33.5. The van der Waals surface area contributed by atoms with Crippen molar-refractivity contribution < 1.29 is 13.2 Å². The van der Waals surface area contributed by atoms with E-state index in [-0.39, 0.29) is 17.0 Å². The number of sulfonamides is 1. The number of aliphatic imine (C=N–C) groups is 1. The molecule has 0 bridgehead atoms. The topological polar surface area (TPSA) is 83.0 Å². The predicted octanol–water partition coefficient (Wildman–Crippen LogP) is 1.08. The number of nitrogens with one attached hydrogen (secondary N) is 2. The van der Waals surface area contributed by atoms with E-state index in [1.54, 1.807) is 24.3 Å². The van der Waals surface area contributed by atoms with Crippen LogP contribution in [-0.4, -0.2) is 51.9 Å². The van der Waals surface area contributed by atoms with Crippen molar-refractivity contribution >= 4 is 31.9 Å². The number of benzene rings is 1. The Kier molecular flexibility index (Phi) is 5.20. The molecule has 23 heavy (non-hydrogen) atoms. The van der Waals surface area contributed by atoms with Crippen LogP contribution in [0.15, 0.2) is 38.6 Å². The quantitative estimate of drug-likeness (QED) is 0.787. The summed E-state index contributed by atoms with van der Waals surface area (Å²) in [6, 6.07) is 6.46. The molecular formula is C14H19BrN4O3S. The summed E-state index contributed by atoms with van der Waals surface area (Å²) in [5, 5.41) is 3.00. The molecule has 9 heteroatoms. The van der Waals surface area contributed by atoms with Crippen LogP contribution in [0, 0.1) is 0 Å². The molecule has 3 rings (SSSR count). The van der Waals surface area contributed by atoms with E-state index < -0.39 is 10.0 Å². The number of ether oxygens (including phenoxy) is 1. The summed E-state index contributed by atoms with van der Waals surface area (Å²) in [4.78, 5) is 6.55. The fourth-order valence-corrected chi connectivity index (χ4v) is 3.80. The number of hydrogen-bond acceptors (Lipinski definition) is 6. The molecule has 7 nitrogen and oxygen atoms in total. The van der Waals surface area contributed by atoms with Crippen LogP contribution in [0.3, 0.4) is 0 Å². The van der Waals surface area contributed by atoms with Crippen molar-refractivity contribution in [2.24, 2.45) is 4.99 Å². The maximum atomic E-state index is 12.3. The van der Waals surface area contributed by atoms with E-state index >= 15 is 0 Å². The van der Waals surface area contributed by atoms with E-state index in [0.29, 0.717) is 13.3 Å². The highest BCUT2D eigenvalue weighted by Gasteiger charge is 2.23. The maximum Gasteiger partial charge on any atom is 0.264 e. The smallest absolute Gasteiger partial charge is 0.264 e. The van der Waals surface area contributed by atoms with Gasteiger partial charge in [0.25, 0.3) is 10.0 Å². The average molecular weight is 403 g/mol. The van der Waals surface area contributed by atoms with Gasteiger partial charge < -0.3 is 10.1 Å². The van der Waals surface area contributed by atoms with Crippen molar-refractivity contribution in [3.05, 3.63) is 28.7 Å². The van der Waals surface area contributed by atoms with Crippen molar-refractivity contribution in [1.29, 1.82) is 0 Å². The van der Waals surface area contributed by atoms with Gasteiger partial charge in [0.05, 0.1) is 24.3 Å². The van der Waals surface area contributed by atoms with Crippen LogP contribution >= 0.6 is 15.9 Å². The molecule has 1 saturated heterocycles. The summed E-state index contributed by atoms with van der Waals surface area (Å²) in [5.74, 6) is 0.275. The van der Waals surface area contributed by atoms with E-state index in [4.69, 9.17) is 4.74 Å². The molecule has 1 fully saturated rings. The third kappa shape index (κ3) is 4.43. The molecule has 2 heterocycles. The molecule has 0 radical (unpaired) electrons. The Labute approximate surface area is 144 Å². The molecule has 0 amide bonds. The molecule has 126 valence electrons. The fourth-order valence-electron chi connectivity index (χ4n) is 2.53. The summed E-state index contributed by atoms with van der Waals surface area (Å²) in [7, 11) is -3.62. The molecule has 0 unspecified atom stereocenters. The molecule has 0 saturated carbocycles. The predicted molar refractivity (Wildman–Crippen MR) is 90.4 cm³/mol. The standard InChI is InChI=1S/C14H19BrN4O3S/c15-11-3-5-13(6-4-11)23(20,21)18-14-16-9-19(10-17-14)8-12-2-1-7-22-12/h3-6,12H,1-2,7-10H2,(H2,16,17,18)/t12-/m0/s1. The van der Waals surface area contributed by atoms with E-state index in [2.05, 4.69) is 35.9 Å². The zero-order chi connectivity index (χ0) is 16.3. The first-order valence-corrected chi connectivity index (χ1v) is 9.71. The van der Waals surface area contributed by atoms with Crippen LogP contribution in [0.1, 0.15) is 12.8 Å². The minimum atomic E-state index is -3.62. The molecule has 0 aliphatic carbocycles. The first kappa shape index (κ1) is 16.7. The molecule has 1 aromatic carbocycles. The Morgan fingerprint density at radius 3 is 2.78 bits per heavy atom. The second-order valence-electron chi connectivity index (χ2n) is 5.53. The average Bonchev–Trinajstić information content (AvgIpc) is 3.02. The Hall–Kier alpha value is -1.16. The summed E-state index contributed by atoms with van der Waals surface area (Å²) in [5.41, 5.74) is 0. The first-order valence-electron chi connectivity index (χ1n) is 7.43. The molecule has 2 N–H and O–H groups in total. The zero-order valence-corrected chi connectivity index (χ0v) is 14.9. The van der Waals surface area contributed by atoms with Crippen LogP contribution in [-0.2, 0) is 14.8 Å². The SMILES string of the molecule is O=S(=O)(NC1=NCN(C[C@@H]2CCCO2)CN1)c1ccc(Br)cc1. The van der Waals surface area contributed by atoms with Gasteiger partial charge in [-0.15, -0.1) is 0 Å². The van der Waals surface area contributed by atoms with Crippen LogP contribution in [0.25, 0.3) is 0 Å². The van der Waals surface area contributed by atoms with Gasteiger partial charge in [-0.1, -0.05) is 15.9 Å². The van der Waals surface area contributed by atoms with Crippen molar-refractivity contribution in [3.8, 4) is 0 Å². The van der Waals surface area contributed by atoms with Crippen molar-refractivity contribution in [2.45, 2.75) is 23.8 Å². The van der Waals surface area contributed by atoms with Crippen molar-refractivity contribution in [2.75, 3.05) is 26.5 Å². The van der Waals surface area contributed by atoms with Gasteiger partial charge in [0, 0.05) is 17.6 Å². The highest BCUT2D eigenvalue weighted by Crippen LogP contribution is 2.15. The van der Waals surface area contributed by atoms with Crippen molar-refractivity contribution in [1.82, 2.24) is 14.9 Å². The highest BCUT2D eigenvalue weighted by molar-refractivity contribution is 9.10. The molecule has 2 aliphatic heterocycles. The minimum Gasteiger partial charge on any atom is -0.377 e. The number of hydrogen-bond donors (Lipinski definition) is 2. The van der Waals surface area contributed by atoms with Crippen LogP contribution < -0.4 is 10.0 Å². The number of rotatable bonds is 4. The second kappa shape index (κ2) is 7.16. The van der Waals surface area contributed by atoms with Gasteiger partial charge >= 0.3 is 0 Å². The Balaban J connectivity index is 1.58. The summed E-state index contributed by atoms with van der Waals surface area (Å²) in [6.07, 6.45) is 2.43. The largest absolute Gasteiger partial charge is 0.377 e. The summed E-state index contributed by atoms with van der Waals surface area (Å²) in [6.45, 7) is 2.63. The fraction of sp³-hybridized carbons (Fsp3) is 0.500. The Morgan fingerprint density at radius 1 is 1.39 bits per heavy atom. The second-order valence-corrected chi connectivity index (χ2v) is 8.13. The number of halogens is 1. The molecule has 1 atom stereocenters. The van der Waals surface area contributed by atoms with Gasteiger partial charge in [-0.25, -0.2) is 18.1 Å². The monoisotopic (exact) mass is 402 g/mol. The first-order chi connectivity index (χ1) is 11.0. The molecular weight excluding hydrogens is 384 g/mol. The van der Waals surface area contributed by atoms with Crippen LogP contribution in [0.5, 0.6) is 0 Å². The molecule has 2 aliphatic rings. The number of nitrogens with zero attached hydrogens (tertiary/aromatic N) is 2. The molecule has 0 spiro atoms. The van der Waals surface area contributed by atoms with Gasteiger partial charge in [0.15, 0.2) is 0 Å². The zero-order valence-electron chi connectivity index (χ0n) is 12.5. The van der Waals surface area contributed by atoms with E-state index in [0.717, 1.165) is 30.5 Å². The normalized spacial score (nSPS) is 22.5. The molecule has 1 aromatic rings. The lowest BCUT2D eigenvalue weighted by Crippen LogP contribution is -2.51. The Morgan fingerprint density at radius 2 is 2.17 bits per heavy atom. The third-order valence-corrected chi connectivity index (χ3v) is 5.62. The minimum absolute atomic E-state index is 0.201. The summed E-state index contributed by atoms with van der Waals surface area (Å²) >= 11 is 3.29. The molecule has 0 aromatic heterocycles. The third-order valence-electron chi connectivity index (χ3n) is 3.74. The van der Waals surface area contributed by atoms with Gasteiger partial charge in [-0.3, -0.25) is 4.90 Å².